The monoisotopic (exact) mass is 251 g/mol. The van der Waals surface area contributed by atoms with Gasteiger partial charge in [0.25, 0.3) is 0 Å². The standard InChI is InChI=1S/C15H25NS/c1-14(2,3)16-11-12-7-9-13(10-8-12)17-15(4,5)6/h7-10,16H,11H2,1-6H3. The average Bonchev–Trinajstić information content (AvgIpc) is 2.13. The minimum Gasteiger partial charge on any atom is -0.308 e. The molecule has 0 amide bonds. The van der Waals surface area contributed by atoms with Gasteiger partial charge in [-0.05, 0) is 38.5 Å². The Bertz CT molecular complexity index is 341. The summed E-state index contributed by atoms with van der Waals surface area (Å²) in [6.07, 6.45) is 0. The van der Waals surface area contributed by atoms with Gasteiger partial charge >= 0.3 is 0 Å². The van der Waals surface area contributed by atoms with Crippen LogP contribution in [0.25, 0.3) is 0 Å². The van der Waals surface area contributed by atoms with Gasteiger partial charge in [0.2, 0.25) is 0 Å². The highest BCUT2D eigenvalue weighted by atomic mass is 32.2. The molecule has 1 aromatic rings. The number of hydrogen-bond acceptors (Lipinski definition) is 2. The van der Waals surface area contributed by atoms with Crippen molar-refractivity contribution >= 4 is 11.8 Å². The van der Waals surface area contributed by atoms with Crippen molar-refractivity contribution in [2.24, 2.45) is 0 Å². The van der Waals surface area contributed by atoms with Gasteiger partial charge in [0.05, 0.1) is 0 Å². The van der Waals surface area contributed by atoms with E-state index in [0.717, 1.165) is 6.54 Å². The fourth-order valence-corrected chi connectivity index (χ4v) is 2.38. The largest absolute Gasteiger partial charge is 0.308 e. The van der Waals surface area contributed by atoms with Crippen LogP contribution in [-0.2, 0) is 6.54 Å². The lowest BCUT2D eigenvalue weighted by Gasteiger charge is -2.21. The lowest BCUT2D eigenvalue weighted by Crippen LogP contribution is -2.35. The van der Waals surface area contributed by atoms with Crippen LogP contribution in [0.5, 0.6) is 0 Å². The molecule has 0 atom stereocenters. The summed E-state index contributed by atoms with van der Waals surface area (Å²) in [5, 5.41) is 3.50. The molecule has 0 unspecified atom stereocenters. The Morgan fingerprint density at radius 1 is 0.941 bits per heavy atom. The zero-order valence-corrected chi connectivity index (χ0v) is 12.7. The quantitative estimate of drug-likeness (QED) is 0.796. The van der Waals surface area contributed by atoms with Gasteiger partial charge in [0.1, 0.15) is 0 Å². The molecule has 1 rings (SSSR count). The van der Waals surface area contributed by atoms with Crippen LogP contribution in [0.3, 0.4) is 0 Å². The van der Waals surface area contributed by atoms with E-state index in [-0.39, 0.29) is 10.3 Å². The SMILES string of the molecule is CC(C)(C)NCc1ccc(SC(C)(C)C)cc1. The fourth-order valence-electron chi connectivity index (χ4n) is 1.40. The zero-order valence-electron chi connectivity index (χ0n) is 11.9. The second-order valence-corrected chi connectivity index (χ2v) is 8.36. The topological polar surface area (TPSA) is 12.0 Å². The van der Waals surface area contributed by atoms with E-state index in [0.29, 0.717) is 0 Å². The summed E-state index contributed by atoms with van der Waals surface area (Å²) in [6.45, 7) is 14.2. The second-order valence-electron chi connectivity index (χ2n) is 6.46. The van der Waals surface area contributed by atoms with Crippen molar-refractivity contribution in [3.63, 3.8) is 0 Å². The summed E-state index contributed by atoms with van der Waals surface area (Å²) in [4.78, 5) is 1.34. The molecule has 0 bridgehead atoms. The second kappa shape index (κ2) is 5.45. The molecular weight excluding hydrogens is 226 g/mol. The van der Waals surface area contributed by atoms with E-state index in [4.69, 9.17) is 0 Å². The van der Waals surface area contributed by atoms with Crippen LogP contribution in [0.1, 0.15) is 47.1 Å². The van der Waals surface area contributed by atoms with Crippen LogP contribution in [0.2, 0.25) is 0 Å². The molecule has 0 heterocycles. The molecule has 1 aromatic carbocycles. The molecule has 0 saturated carbocycles. The molecule has 0 aliphatic heterocycles. The van der Waals surface area contributed by atoms with Gasteiger partial charge in [-0.3, -0.25) is 0 Å². The molecule has 0 aliphatic rings. The third-order valence-corrected chi connectivity index (χ3v) is 3.29. The van der Waals surface area contributed by atoms with Crippen LogP contribution in [0.4, 0.5) is 0 Å². The summed E-state index contributed by atoms with van der Waals surface area (Å²) < 4.78 is 0.283. The smallest absolute Gasteiger partial charge is 0.0210 e. The molecule has 0 fully saturated rings. The van der Waals surface area contributed by atoms with Gasteiger partial charge in [-0.2, -0.15) is 0 Å². The third-order valence-electron chi connectivity index (χ3n) is 2.17. The number of nitrogens with one attached hydrogen (secondary N) is 1. The van der Waals surface area contributed by atoms with Crippen LogP contribution < -0.4 is 5.32 Å². The van der Waals surface area contributed by atoms with Crippen molar-refractivity contribution in [3.05, 3.63) is 29.8 Å². The Morgan fingerprint density at radius 2 is 1.47 bits per heavy atom. The van der Waals surface area contributed by atoms with E-state index in [1.54, 1.807) is 0 Å². The van der Waals surface area contributed by atoms with Crippen molar-refractivity contribution in [2.45, 2.75) is 63.3 Å². The molecular formula is C15H25NS. The van der Waals surface area contributed by atoms with Crippen LogP contribution in [0.15, 0.2) is 29.2 Å². The van der Waals surface area contributed by atoms with Gasteiger partial charge in [0.15, 0.2) is 0 Å². The van der Waals surface area contributed by atoms with Gasteiger partial charge < -0.3 is 5.32 Å². The molecule has 0 spiro atoms. The van der Waals surface area contributed by atoms with E-state index in [1.807, 2.05) is 11.8 Å². The molecule has 1 nitrogen and oxygen atoms in total. The molecule has 1 N–H and O–H groups in total. The van der Waals surface area contributed by atoms with E-state index >= 15 is 0 Å². The maximum atomic E-state index is 3.50. The first-order chi connectivity index (χ1) is 7.66. The maximum absolute atomic E-state index is 3.50. The van der Waals surface area contributed by atoms with Crippen LogP contribution in [0, 0.1) is 0 Å². The average molecular weight is 251 g/mol. The summed E-state index contributed by atoms with van der Waals surface area (Å²) >= 11 is 1.91. The molecule has 0 aromatic heterocycles. The summed E-state index contributed by atoms with van der Waals surface area (Å²) in [5.41, 5.74) is 1.52. The number of thioether (sulfide) groups is 1. The number of rotatable bonds is 3. The predicted molar refractivity (Wildman–Crippen MR) is 78.6 cm³/mol. The summed E-state index contributed by atoms with van der Waals surface area (Å²) in [6, 6.07) is 8.87. The highest BCUT2D eigenvalue weighted by molar-refractivity contribution is 8.00. The Hall–Kier alpha value is -0.470. The molecule has 2 heteroatoms. The van der Waals surface area contributed by atoms with Gasteiger partial charge in [-0.15, -0.1) is 11.8 Å². The van der Waals surface area contributed by atoms with Gasteiger partial charge in [0, 0.05) is 21.7 Å². The fraction of sp³-hybridized carbons (Fsp3) is 0.600. The Labute approximate surface area is 110 Å². The lowest BCUT2D eigenvalue weighted by molar-refractivity contribution is 0.424. The summed E-state index contributed by atoms with van der Waals surface area (Å²) in [7, 11) is 0. The first-order valence-corrected chi connectivity index (χ1v) is 7.00. The van der Waals surface area contributed by atoms with Crippen molar-refractivity contribution in [3.8, 4) is 0 Å². The van der Waals surface area contributed by atoms with Crippen LogP contribution >= 0.6 is 11.8 Å². The van der Waals surface area contributed by atoms with Crippen LogP contribution in [-0.4, -0.2) is 10.3 Å². The molecule has 0 saturated heterocycles. The van der Waals surface area contributed by atoms with Crippen molar-refractivity contribution in [2.75, 3.05) is 0 Å². The van der Waals surface area contributed by atoms with Crippen molar-refractivity contribution < 1.29 is 0 Å². The number of benzene rings is 1. The van der Waals surface area contributed by atoms with E-state index < -0.39 is 0 Å². The van der Waals surface area contributed by atoms with E-state index in [2.05, 4.69) is 71.1 Å². The van der Waals surface area contributed by atoms with E-state index in [1.165, 1.54) is 10.5 Å². The summed E-state index contributed by atoms with van der Waals surface area (Å²) in [5.74, 6) is 0. The zero-order chi connectivity index (χ0) is 13.1. The van der Waals surface area contributed by atoms with Gasteiger partial charge in [-0.1, -0.05) is 32.9 Å². The predicted octanol–water partition coefficient (Wildman–Crippen LogP) is 4.47. The van der Waals surface area contributed by atoms with Crippen molar-refractivity contribution in [1.29, 1.82) is 0 Å². The molecule has 0 radical (unpaired) electrons. The minimum absolute atomic E-state index is 0.179. The molecule has 0 aliphatic carbocycles. The number of hydrogen-bond donors (Lipinski definition) is 1. The molecule has 17 heavy (non-hydrogen) atoms. The van der Waals surface area contributed by atoms with E-state index in [9.17, 15) is 0 Å². The molecule has 96 valence electrons. The first-order valence-electron chi connectivity index (χ1n) is 6.19. The Kier molecular flexibility index (Phi) is 4.68. The Morgan fingerprint density at radius 3 is 1.88 bits per heavy atom. The van der Waals surface area contributed by atoms with Gasteiger partial charge in [-0.25, -0.2) is 0 Å². The third kappa shape index (κ3) is 6.75. The highest BCUT2D eigenvalue weighted by Crippen LogP contribution is 2.31. The first kappa shape index (κ1) is 14.6. The highest BCUT2D eigenvalue weighted by Gasteiger charge is 2.12. The lowest BCUT2D eigenvalue weighted by atomic mass is 10.1. The Balaban J connectivity index is 2.56. The minimum atomic E-state index is 0.179. The normalized spacial score (nSPS) is 12.8. The maximum Gasteiger partial charge on any atom is 0.0210 e. The van der Waals surface area contributed by atoms with Crippen molar-refractivity contribution in [1.82, 2.24) is 5.32 Å².